The third-order valence-corrected chi connectivity index (χ3v) is 6.89. The molecule has 1 aliphatic rings. The van der Waals surface area contributed by atoms with E-state index in [2.05, 4.69) is 11.4 Å². The molecule has 0 bridgehead atoms. The van der Waals surface area contributed by atoms with Crippen molar-refractivity contribution in [1.82, 2.24) is 9.80 Å². The van der Waals surface area contributed by atoms with Crippen molar-refractivity contribution in [3.63, 3.8) is 0 Å². The molecule has 2 heterocycles. The van der Waals surface area contributed by atoms with Crippen LogP contribution in [0.3, 0.4) is 0 Å². The second-order valence-electron chi connectivity index (χ2n) is 7.92. The van der Waals surface area contributed by atoms with Crippen LogP contribution >= 0.6 is 22.9 Å². The van der Waals surface area contributed by atoms with E-state index in [1.54, 1.807) is 16.2 Å². The lowest BCUT2D eigenvalue weighted by molar-refractivity contribution is -0.146. The monoisotopic (exact) mass is 464 g/mol. The Labute approximate surface area is 192 Å². The Morgan fingerprint density at radius 2 is 2.10 bits per heavy atom. The zero-order valence-corrected chi connectivity index (χ0v) is 20.0. The van der Waals surface area contributed by atoms with Crippen molar-refractivity contribution in [2.24, 2.45) is 0 Å². The van der Waals surface area contributed by atoms with Crippen LogP contribution in [-0.2, 0) is 20.7 Å². The summed E-state index contributed by atoms with van der Waals surface area (Å²) in [5.41, 5.74) is 2.06. The Morgan fingerprint density at radius 1 is 1.32 bits per heavy atom. The molecule has 168 valence electrons. The predicted octanol–water partition coefficient (Wildman–Crippen LogP) is 4.10. The number of hydrogen-bond donors (Lipinski definition) is 0. The van der Waals surface area contributed by atoms with Crippen LogP contribution in [-0.4, -0.2) is 61.1 Å². The molecule has 0 spiro atoms. The fourth-order valence-electron chi connectivity index (χ4n) is 3.76. The molecule has 31 heavy (non-hydrogen) atoms. The van der Waals surface area contributed by atoms with Gasteiger partial charge in [0.05, 0.1) is 6.04 Å². The maximum absolute atomic E-state index is 13.3. The third-order valence-electron chi connectivity index (χ3n) is 5.47. The highest BCUT2D eigenvalue weighted by Gasteiger charge is 2.34. The quantitative estimate of drug-likeness (QED) is 0.590. The number of benzene rings is 1. The summed E-state index contributed by atoms with van der Waals surface area (Å²) < 4.78 is 11.1. The Hall–Kier alpha value is -2.09. The number of methoxy groups -OCH3 is 1. The number of ether oxygens (including phenoxy) is 2. The number of carbonyl (C=O) groups excluding carboxylic acids is 2. The van der Waals surface area contributed by atoms with Crippen molar-refractivity contribution in [3.05, 3.63) is 50.7 Å². The molecule has 0 fully saturated rings. The van der Waals surface area contributed by atoms with E-state index in [4.69, 9.17) is 21.1 Å². The fraction of sp³-hybridized carbons (Fsp3) is 0.478. The summed E-state index contributed by atoms with van der Waals surface area (Å²) in [5, 5.41) is 2.75. The molecule has 0 N–H and O–H groups in total. The van der Waals surface area contributed by atoms with Gasteiger partial charge in [0.25, 0.3) is 0 Å². The van der Waals surface area contributed by atoms with E-state index in [-0.39, 0.29) is 37.0 Å². The van der Waals surface area contributed by atoms with Gasteiger partial charge < -0.3 is 19.3 Å². The zero-order chi connectivity index (χ0) is 22.5. The van der Waals surface area contributed by atoms with E-state index in [0.717, 1.165) is 23.3 Å². The maximum Gasteiger partial charge on any atom is 0.249 e. The van der Waals surface area contributed by atoms with Crippen molar-refractivity contribution < 1.29 is 19.1 Å². The van der Waals surface area contributed by atoms with E-state index in [0.29, 0.717) is 18.2 Å². The number of hydrogen-bond acceptors (Lipinski definition) is 5. The minimum atomic E-state index is -0.204. The lowest BCUT2D eigenvalue weighted by Gasteiger charge is -2.37. The SMILES string of the molecule is COCC(=O)N(CC(=O)N1CCc2sccc2C1COc1ccc(Cl)c(C)c1)C(C)C. The first-order valence-corrected chi connectivity index (χ1v) is 11.6. The molecule has 0 aliphatic carbocycles. The number of halogens is 1. The van der Waals surface area contributed by atoms with Gasteiger partial charge in [0.1, 0.15) is 25.5 Å². The van der Waals surface area contributed by atoms with Crippen LogP contribution in [0.5, 0.6) is 5.75 Å². The van der Waals surface area contributed by atoms with Crippen molar-refractivity contribution in [1.29, 1.82) is 0 Å². The van der Waals surface area contributed by atoms with Gasteiger partial charge in [0.15, 0.2) is 0 Å². The zero-order valence-electron chi connectivity index (χ0n) is 18.4. The first-order chi connectivity index (χ1) is 14.8. The molecule has 8 heteroatoms. The highest BCUT2D eigenvalue weighted by atomic mass is 35.5. The fourth-order valence-corrected chi connectivity index (χ4v) is 4.80. The van der Waals surface area contributed by atoms with Crippen molar-refractivity contribution >= 4 is 34.8 Å². The molecule has 2 amide bonds. The standard InChI is InChI=1S/C23H29ClN2O4S/c1-15(2)26(23(28)14-29-4)12-22(27)25-9-7-21-18(8-10-31-21)20(25)13-30-17-5-6-19(24)16(3)11-17/h5-6,8,10-11,15,20H,7,9,12-14H2,1-4H3. The van der Waals surface area contributed by atoms with Crippen LogP contribution < -0.4 is 4.74 Å². The number of amides is 2. The van der Waals surface area contributed by atoms with Gasteiger partial charge in [0.2, 0.25) is 11.8 Å². The maximum atomic E-state index is 13.3. The largest absolute Gasteiger partial charge is 0.491 e. The number of carbonyl (C=O) groups is 2. The Bertz CT molecular complexity index is 930. The smallest absolute Gasteiger partial charge is 0.249 e. The molecule has 0 saturated carbocycles. The third kappa shape index (κ3) is 5.59. The van der Waals surface area contributed by atoms with Gasteiger partial charge in [0, 0.05) is 29.6 Å². The average Bonchev–Trinajstić information content (AvgIpc) is 3.21. The van der Waals surface area contributed by atoms with Crippen molar-refractivity contribution in [2.75, 3.05) is 33.4 Å². The van der Waals surface area contributed by atoms with Crippen LogP contribution in [0.2, 0.25) is 5.02 Å². The van der Waals surface area contributed by atoms with Gasteiger partial charge in [-0.3, -0.25) is 9.59 Å². The molecule has 1 unspecified atom stereocenters. The highest BCUT2D eigenvalue weighted by molar-refractivity contribution is 7.10. The second-order valence-corrected chi connectivity index (χ2v) is 9.33. The summed E-state index contributed by atoms with van der Waals surface area (Å²) in [7, 11) is 1.48. The second kappa shape index (κ2) is 10.5. The van der Waals surface area contributed by atoms with Gasteiger partial charge in [-0.25, -0.2) is 0 Å². The van der Waals surface area contributed by atoms with E-state index in [9.17, 15) is 9.59 Å². The normalized spacial score (nSPS) is 15.7. The van der Waals surface area contributed by atoms with E-state index >= 15 is 0 Å². The van der Waals surface area contributed by atoms with Crippen LogP contribution in [0, 0.1) is 6.92 Å². The molecule has 0 radical (unpaired) electrons. The van der Waals surface area contributed by atoms with Gasteiger partial charge in [-0.05, 0) is 68.0 Å². The molecule has 1 aromatic heterocycles. The lowest BCUT2D eigenvalue weighted by atomic mass is 10.00. The summed E-state index contributed by atoms with van der Waals surface area (Å²) in [6.07, 6.45) is 0.809. The minimum absolute atomic E-state index is 0.0237. The number of nitrogens with zero attached hydrogens (tertiary/aromatic N) is 2. The predicted molar refractivity (Wildman–Crippen MR) is 123 cm³/mol. The number of fused-ring (bicyclic) bond motifs is 1. The molecule has 2 aromatic rings. The minimum Gasteiger partial charge on any atom is -0.491 e. The summed E-state index contributed by atoms with van der Waals surface area (Å²) in [6.45, 7) is 6.66. The Morgan fingerprint density at radius 3 is 2.77 bits per heavy atom. The van der Waals surface area contributed by atoms with E-state index in [1.807, 2.05) is 43.9 Å². The molecule has 1 aromatic carbocycles. The van der Waals surface area contributed by atoms with Gasteiger partial charge in [-0.15, -0.1) is 11.3 Å². The van der Waals surface area contributed by atoms with E-state index < -0.39 is 0 Å². The van der Waals surface area contributed by atoms with Crippen LogP contribution in [0.15, 0.2) is 29.6 Å². The lowest BCUT2D eigenvalue weighted by Crippen LogP contribution is -2.50. The molecule has 6 nitrogen and oxygen atoms in total. The van der Waals surface area contributed by atoms with Crippen molar-refractivity contribution in [2.45, 2.75) is 39.3 Å². The molecule has 1 aliphatic heterocycles. The van der Waals surface area contributed by atoms with Gasteiger partial charge >= 0.3 is 0 Å². The number of thiophene rings is 1. The summed E-state index contributed by atoms with van der Waals surface area (Å²) in [6, 6.07) is 7.31. The van der Waals surface area contributed by atoms with Gasteiger partial charge in [-0.1, -0.05) is 11.6 Å². The molecular formula is C23H29ClN2O4S. The van der Waals surface area contributed by atoms with Crippen LogP contribution in [0.1, 0.15) is 35.9 Å². The first kappa shape index (κ1) is 23.6. The average molecular weight is 465 g/mol. The first-order valence-electron chi connectivity index (χ1n) is 10.3. The Kier molecular flexibility index (Phi) is 7.97. The number of rotatable bonds is 8. The summed E-state index contributed by atoms with van der Waals surface area (Å²) in [4.78, 5) is 30.4. The molecular weight excluding hydrogens is 436 g/mol. The molecule has 0 saturated heterocycles. The van der Waals surface area contributed by atoms with E-state index in [1.165, 1.54) is 12.0 Å². The highest BCUT2D eigenvalue weighted by Crippen LogP contribution is 2.34. The number of aryl methyl sites for hydroxylation is 1. The summed E-state index contributed by atoms with van der Waals surface area (Å²) >= 11 is 7.83. The van der Waals surface area contributed by atoms with Gasteiger partial charge in [-0.2, -0.15) is 0 Å². The van der Waals surface area contributed by atoms with Crippen LogP contribution in [0.25, 0.3) is 0 Å². The molecule has 3 rings (SSSR count). The summed E-state index contributed by atoms with van der Waals surface area (Å²) in [5.74, 6) is 0.440. The van der Waals surface area contributed by atoms with Crippen molar-refractivity contribution in [3.8, 4) is 5.75 Å². The Balaban J connectivity index is 1.78. The molecule has 1 atom stereocenters. The van der Waals surface area contributed by atoms with Crippen LogP contribution in [0.4, 0.5) is 0 Å². The topological polar surface area (TPSA) is 59.1 Å².